The quantitative estimate of drug-likeness (QED) is 0.0585. The van der Waals surface area contributed by atoms with Crippen LogP contribution in [0, 0.1) is 0 Å². The van der Waals surface area contributed by atoms with Crippen LogP contribution in [0.15, 0.2) is 4.99 Å². The lowest BCUT2D eigenvalue weighted by Crippen LogP contribution is -2.57. The monoisotopic (exact) mass is 477 g/mol. The lowest BCUT2D eigenvalue weighted by atomic mass is 10.1. The van der Waals surface area contributed by atoms with Crippen LogP contribution >= 0.6 is 25.3 Å². The van der Waals surface area contributed by atoms with Crippen molar-refractivity contribution in [2.45, 2.75) is 49.9 Å². The summed E-state index contributed by atoms with van der Waals surface area (Å²) in [6.45, 7) is 0.945. The number of aliphatic carboxylic acids is 1. The van der Waals surface area contributed by atoms with Crippen LogP contribution in [0.3, 0.4) is 0 Å². The zero-order chi connectivity index (χ0) is 23.4. The van der Waals surface area contributed by atoms with Crippen LogP contribution in [0.25, 0.3) is 0 Å². The first-order chi connectivity index (χ1) is 14.7. The summed E-state index contributed by atoms with van der Waals surface area (Å²) in [5, 5.41) is 19.7. The van der Waals surface area contributed by atoms with E-state index in [2.05, 4.69) is 51.5 Å². The molecule has 4 atom stereocenters. The Balaban J connectivity index is 2.80. The fraction of sp³-hybridized carbons (Fsp3) is 0.706. The smallest absolute Gasteiger partial charge is 0.327 e. The Morgan fingerprint density at radius 1 is 1.03 bits per heavy atom. The van der Waals surface area contributed by atoms with Crippen molar-refractivity contribution in [2.24, 2.45) is 16.5 Å². The van der Waals surface area contributed by atoms with Gasteiger partial charge in [-0.05, 0) is 32.2 Å². The molecule has 1 aliphatic rings. The fourth-order valence-electron chi connectivity index (χ4n) is 2.88. The molecule has 31 heavy (non-hydrogen) atoms. The first kappa shape index (κ1) is 26.8. The molecule has 3 amide bonds. The third kappa shape index (κ3) is 9.65. The third-order valence-corrected chi connectivity index (χ3v) is 5.30. The van der Waals surface area contributed by atoms with Gasteiger partial charge in [-0.1, -0.05) is 0 Å². The minimum atomic E-state index is -1.25. The van der Waals surface area contributed by atoms with Crippen LogP contribution < -0.4 is 32.7 Å². The van der Waals surface area contributed by atoms with Crippen molar-refractivity contribution in [3.8, 4) is 0 Å². The SMILES string of the molecule is NC(N)=NCCCC(NC(=O)C(CS)NC(=O)C1CCCN1)C(=O)NC(CS)C(=O)O. The highest BCUT2D eigenvalue weighted by Gasteiger charge is 2.30. The number of thiol groups is 2. The van der Waals surface area contributed by atoms with Crippen molar-refractivity contribution in [3.63, 3.8) is 0 Å². The second-order valence-electron chi connectivity index (χ2n) is 6.98. The molecule has 14 heteroatoms. The van der Waals surface area contributed by atoms with Crippen molar-refractivity contribution in [2.75, 3.05) is 24.6 Å². The molecular formula is C17H31N7O5S2. The van der Waals surface area contributed by atoms with Gasteiger partial charge >= 0.3 is 5.97 Å². The number of carboxylic acid groups (broad SMARTS) is 1. The van der Waals surface area contributed by atoms with Crippen LogP contribution in [0.4, 0.5) is 0 Å². The first-order valence-corrected chi connectivity index (χ1v) is 11.1. The van der Waals surface area contributed by atoms with Gasteiger partial charge in [0.2, 0.25) is 17.7 Å². The molecule has 1 aliphatic heterocycles. The lowest BCUT2D eigenvalue weighted by Gasteiger charge is -2.24. The zero-order valence-electron chi connectivity index (χ0n) is 17.0. The number of carbonyl (C=O) groups is 4. The van der Waals surface area contributed by atoms with Crippen molar-refractivity contribution in [3.05, 3.63) is 0 Å². The van der Waals surface area contributed by atoms with Crippen molar-refractivity contribution < 1.29 is 24.3 Å². The van der Waals surface area contributed by atoms with Gasteiger partial charge in [0.05, 0.1) is 6.04 Å². The van der Waals surface area contributed by atoms with E-state index in [1.165, 1.54) is 0 Å². The summed E-state index contributed by atoms with van der Waals surface area (Å²) in [4.78, 5) is 52.6. The van der Waals surface area contributed by atoms with Gasteiger partial charge < -0.3 is 37.8 Å². The minimum absolute atomic E-state index is 0.0149. The molecule has 0 bridgehead atoms. The maximum absolute atomic E-state index is 12.7. The number of nitrogens with zero attached hydrogens (tertiary/aromatic N) is 1. The van der Waals surface area contributed by atoms with Gasteiger partial charge in [0.15, 0.2) is 5.96 Å². The molecule has 1 rings (SSSR count). The van der Waals surface area contributed by atoms with Crippen LogP contribution in [0.1, 0.15) is 25.7 Å². The number of amides is 3. The van der Waals surface area contributed by atoms with E-state index in [1.807, 2.05) is 0 Å². The summed E-state index contributed by atoms with van der Waals surface area (Å²) in [5.74, 6) is -3.09. The number of guanidine groups is 1. The van der Waals surface area contributed by atoms with Crippen molar-refractivity contribution >= 4 is 54.9 Å². The zero-order valence-corrected chi connectivity index (χ0v) is 18.8. The summed E-state index contributed by atoms with van der Waals surface area (Å²) >= 11 is 8.03. The highest BCUT2D eigenvalue weighted by molar-refractivity contribution is 7.80. The number of nitrogens with two attached hydrogens (primary N) is 2. The molecule has 4 unspecified atom stereocenters. The van der Waals surface area contributed by atoms with E-state index in [0.717, 1.165) is 13.0 Å². The van der Waals surface area contributed by atoms with Crippen LogP contribution in [0.2, 0.25) is 0 Å². The topological polar surface area (TPSA) is 201 Å². The first-order valence-electron chi connectivity index (χ1n) is 9.84. The molecule has 0 radical (unpaired) electrons. The summed E-state index contributed by atoms with van der Waals surface area (Å²) < 4.78 is 0. The Kier molecular flexibility index (Phi) is 12.1. The fourth-order valence-corrected chi connectivity index (χ4v) is 3.38. The molecule has 1 saturated heterocycles. The van der Waals surface area contributed by atoms with Gasteiger partial charge in [-0.2, -0.15) is 25.3 Å². The van der Waals surface area contributed by atoms with Crippen LogP contribution in [-0.4, -0.2) is 83.5 Å². The molecule has 176 valence electrons. The summed E-state index contributed by atoms with van der Waals surface area (Å²) in [7, 11) is 0. The summed E-state index contributed by atoms with van der Waals surface area (Å²) in [5.41, 5.74) is 10.5. The minimum Gasteiger partial charge on any atom is -0.480 e. The second-order valence-corrected chi connectivity index (χ2v) is 7.71. The van der Waals surface area contributed by atoms with E-state index in [0.29, 0.717) is 12.8 Å². The van der Waals surface area contributed by atoms with E-state index in [4.69, 9.17) is 16.6 Å². The number of aliphatic imine (C=N–C) groups is 1. The van der Waals surface area contributed by atoms with E-state index < -0.39 is 35.9 Å². The van der Waals surface area contributed by atoms with E-state index >= 15 is 0 Å². The third-order valence-electron chi connectivity index (χ3n) is 4.57. The Hall–Kier alpha value is -2.19. The van der Waals surface area contributed by atoms with Crippen molar-refractivity contribution in [1.82, 2.24) is 21.3 Å². The normalized spacial score (nSPS) is 18.3. The van der Waals surface area contributed by atoms with E-state index in [9.17, 15) is 19.2 Å². The number of hydrogen-bond acceptors (Lipinski definition) is 8. The van der Waals surface area contributed by atoms with E-state index in [1.54, 1.807) is 0 Å². The maximum atomic E-state index is 12.7. The molecule has 0 aromatic heterocycles. The van der Waals surface area contributed by atoms with Crippen LogP contribution in [0.5, 0.6) is 0 Å². The molecule has 0 spiro atoms. The molecule has 1 fully saturated rings. The molecule has 9 N–H and O–H groups in total. The summed E-state index contributed by atoms with van der Waals surface area (Å²) in [6, 6.07) is -3.62. The van der Waals surface area contributed by atoms with Crippen molar-refractivity contribution in [1.29, 1.82) is 0 Å². The van der Waals surface area contributed by atoms with Gasteiger partial charge in [0, 0.05) is 18.1 Å². The van der Waals surface area contributed by atoms with Gasteiger partial charge in [-0.3, -0.25) is 19.4 Å². The highest BCUT2D eigenvalue weighted by Crippen LogP contribution is 2.06. The van der Waals surface area contributed by atoms with Gasteiger partial charge in [-0.25, -0.2) is 4.79 Å². The molecule has 0 aromatic carbocycles. The Morgan fingerprint density at radius 2 is 1.65 bits per heavy atom. The van der Waals surface area contributed by atoms with E-state index in [-0.39, 0.29) is 42.4 Å². The second kappa shape index (κ2) is 14.0. The predicted molar refractivity (Wildman–Crippen MR) is 122 cm³/mol. The average Bonchev–Trinajstić information content (AvgIpc) is 3.26. The maximum Gasteiger partial charge on any atom is 0.327 e. The lowest BCUT2D eigenvalue weighted by molar-refractivity contribution is -0.141. The molecule has 0 aromatic rings. The predicted octanol–water partition coefficient (Wildman–Crippen LogP) is -2.81. The van der Waals surface area contributed by atoms with Gasteiger partial charge in [0.1, 0.15) is 18.1 Å². The van der Waals surface area contributed by atoms with Gasteiger partial charge in [-0.15, -0.1) is 0 Å². The highest BCUT2D eigenvalue weighted by atomic mass is 32.1. The Labute approximate surface area is 191 Å². The number of carbonyl (C=O) groups excluding carboxylic acids is 3. The molecule has 1 heterocycles. The Morgan fingerprint density at radius 3 is 2.16 bits per heavy atom. The number of hydrogen-bond donors (Lipinski definition) is 9. The summed E-state index contributed by atoms with van der Waals surface area (Å²) in [6.07, 6.45) is 2.02. The number of carboxylic acids is 1. The number of rotatable bonds is 13. The molecule has 12 nitrogen and oxygen atoms in total. The molecule has 0 aliphatic carbocycles. The average molecular weight is 478 g/mol. The molecule has 0 saturated carbocycles. The molecular weight excluding hydrogens is 446 g/mol. The standard InChI is InChI=1S/C17H31N7O5S2/c18-17(19)21-6-2-4-10(14(26)24-12(8-31)16(28)29)22-15(27)11(7-30)23-13(25)9-3-1-5-20-9/h9-12,20,30-31H,1-8H2,(H,22,27)(H,23,25)(H,24,26)(H,28,29)(H4,18,19,21). The van der Waals surface area contributed by atoms with Gasteiger partial charge in [0.25, 0.3) is 0 Å². The largest absolute Gasteiger partial charge is 0.480 e. The number of nitrogens with one attached hydrogen (secondary N) is 4. The van der Waals surface area contributed by atoms with Crippen LogP contribution in [-0.2, 0) is 19.2 Å². The Bertz CT molecular complexity index is 669.